The molecular formula is C9H8N8. The average Bonchev–Trinajstić information content (AvgIpc) is 3.00. The lowest BCUT2D eigenvalue weighted by Gasteiger charge is -1.96. The highest BCUT2D eigenvalue weighted by Crippen LogP contribution is 2.13. The molecule has 0 saturated heterocycles. The van der Waals surface area contributed by atoms with Crippen LogP contribution in [0.15, 0.2) is 31.0 Å². The fraction of sp³-hybridized carbons (Fsp3) is 0. The van der Waals surface area contributed by atoms with Crippen LogP contribution < -0.4 is 5.32 Å². The van der Waals surface area contributed by atoms with Crippen molar-refractivity contribution in [3.63, 3.8) is 0 Å². The number of nitrogens with one attached hydrogen (secondary N) is 3. The number of imidazole rings is 1. The molecule has 0 aromatic carbocycles. The van der Waals surface area contributed by atoms with Gasteiger partial charge < -0.3 is 4.98 Å². The molecule has 0 atom stereocenters. The Bertz CT molecular complexity index is 585. The highest BCUT2D eigenvalue weighted by Gasteiger charge is 2.07. The van der Waals surface area contributed by atoms with Gasteiger partial charge in [0.25, 0.3) is 0 Å². The molecule has 0 bridgehead atoms. The lowest BCUT2D eigenvalue weighted by atomic mass is 10.5. The molecule has 0 spiro atoms. The van der Waals surface area contributed by atoms with E-state index in [9.17, 15) is 0 Å². The average molecular weight is 228 g/mol. The molecule has 0 unspecified atom stereocenters. The van der Waals surface area contributed by atoms with E-state index in [1.807, 2.05) is 0 Å². The number of hydrogen-bond acceptors (Lipinski definition) is 6. The van der Waals surface area contributed by atoms with Gasteiger partial charge in [-0.1, -0.05) is 0 Å². The zero-order chi connectivity index (χ0) is 11.5. The summed E-state index contributed by atoms with van der Waals surface area (Å²) in [6.07, 6.45) is 6.50. The molecule has 8 nitrogen and oxygen atoms in total. The van der Waals surface area contributed by atoms with E-state index in [2.05, 4.69) is 40.4 Å². The second-order valence-corrected chi connectivity index (χ2v) is 3.17. The van der Waals surface area contributed by atoms with Crippen molar-refractivity contribution in [3.8, 4) is 11.5 Å². The van der Waals surface area contributed by atoms with Crippen molar-refractivity contribution in [2.45, 2.75) is 0 Å². The molecule has 17 heavy (non-hydrogen) atoms. The maximum atomic E-state index is 4.22. The van der Waals surface area contributed by atoms with Gasteiger partial charge >= 0.3 is 0 Å². The summed E-state index contributed by atoms with van der Waals surface area (Å²) in [6, 6.07) is 1.74. The molecule has 3 aromatic rings. The number of aromatic amines is 2. The summed E-state index contributed by atoms with van der Waals surface area (Å²) in [5.74, 6) is 1.45. The summed E-state index contributed by atoms with van der Waals surface area (Å²) >= 11 is 0. The van der Waals surface area contributed by atoms with E-state index < -0.39 is 0 Å². The summed E-state index contributed by atoms with van der Waals surface area (Å²) in [5, 5.41) is 9.65. The maximum absolute atomic E-state index is 4.22. The summed E-state index contributed by atoms with van der Waals surface area (Å²) < 4.78 is 0. The van der Waals surface area contributed by atoms with Gasteiger partial charge in [-0.3, -0.25) is 10.4 Å². The molecule has 0 fully saturated rings. The van der Waals surface area contributed by atoms with Crippen LogP contribution in [0.4, 0.5) is 11.9 Å². The van der Waals surface area contributed by atoms with Crippen LogP contribution in [0.2, 0.25) is 0 Å². The van der Waals surface area contributed by atoms with Crippen molar-refractivity contribution >= 4 is 11.9 Å². The molecule has 0 amide bonds. The molecule has 0 aliphatic carbocycles. The molecule has 0 radical (unpaired) electrons. The molecule has 8 heteroatoms. The minimum Gasteiger partial charge on any atom is -0.342 e. The number of anilines is 2. The zero-order valence-corrected chi connectivity index (χ0v) is 8.62. The molecule has 3 rings (SSSR count). The van der Waals surface area contributed by atoms with Crippen LogP contribution >= 0.6 is 0 Å². The topological polar surface area (TPSA) is 108 Å². The van der Waals surface area contributed by atoms with Crippen LogP contribution in [-0.2, 0) is 0 Å². The standard InChI is InChI=1S/C9H8N8/c1-2-11-8(12-3-1)15-9-14-7(16-17-9)6-4-10-5-13-6/h1-5H,(H,10,13)(H2,11,12,14,15,16,17). The SMILES string of the molecule is c1cnc(Nc2n[nH]c(-c3cnc[nH]3)n2)nc1. The van der Waals surface area contributed by atoms with Gasteiger partial charge in [-0.05, 0) is 6.07 Å². The van der Waals surface area contributed by atoms with Crippen molar-refractivity contribution in [2.75, 3.05) is 5.32 Å². The Morgan fingerprint density at radius 1 is 1.12 bits per heavy atom. The molecule has 84 valence electrons. The molecular weight excluding hydrogens is 220 g/mol. The predicted molar refractivity (Wildman–Crippen MR) is 59.3 cm³/mol. The van der Waals surface area contributed by atoms with Gasteiger partial charge in [-0.25, -0.2) is 15.0 Å². The molecule has 0 aliphatic rings. The Morgan fingerprint density at radius 3 is 2.76 bits per heavy atom. The highest BCUT2D eigenvalue weighted by molar-refractivity contribution is 5.51. The van der Waals surface area contributed by atoms with Gasteiger partial charge in [0.1, 0.15) is 5.69 Å². The minimum absolute atomic E-state index is 0.404. The fourth-order valence-corrected chi connectivity index (χ4v) is 1.29. The molecule has 3 heterocycles. The summed E-state index contributed by atoms with van der Waals surface area (Å²) in [5.41, 5.74) is 0.763. The molecule has 0 saturated carbocycles. The molecule has 0 aliphatic heterocycles. The number of hydrogen-bond donors (Lipinski definition) is 3. The van der Waals surface area contributed by atoms with E-state index in [0.717, 1.165) is 5.69 Å². The van der Waals surface area contributed by atoms with Crippen molar-refractivity contribution in [1.82, 2.24) is 35.1 Å². The summed E-state index contributed by atoms with van der Waals surface area (Å²) in [7, 11) is 0. The van der Waals surface area contributed by atoms with Gasteiger partial charge in [0, 0.05) is 12.4 Å². The van der Waals surface area contributed by atoms with E-state index in [1.54, 1.807) is 31.0 Å². The van der Waals surface area contributed by atoms with Crippen LogP contribution in [0.1, 0.15) is 0 Å². The molecule has 3 N–H and O–H groups in total. The van der Waals surface area contributed by atoms with E-state index >= 15 is 0 Å². The van der Waals surface area contributed by atoms with Crippen molar-refractivity contribution < 1.29 is 0 Å². The Balaban J connectivity index is 1.82. The maximum Gasteiger partial charge on any atom is 0.249 e. The normalized spacial score (nSPS) is 10.4. The first-order chi connectivity index (χ1) is 8.42. The Morgan fingerprint density at radius 2 is 2.00 bits per heavy atom. The van der Waals surface area contributed by atoms with Crippen molar-refractivity contribution in [3.05, 3.63) is 31.0 Å². The number of rotatable bonds is 3. The second kappa shape index (κ2) is 4.00. The van der Waals surface area contributed by atoms with Crippen LogP contribution in [-0.4, -0.2) is 35.1 Å². The van der Waals surface area contributed by atoms with Gasteiger partial charge in [0.05, 0.1) is 12.5 Å². The predicted octanol–water partition coefficient (Wildman–Crippen LogP) is 0.728. The highest BCUT2D eigenvalue weighted by atomic mass is 15.3. The summed E-state index contributed by atoms with van der Waals surface area (Å²) in [4.78, 5) is 19.1. The van der Waals surface area contributed by atoms with Gasteiger partial charge in [-0.15, -0.1) is 5.10 Å². The van der Waals surface area contributed by atoms with Crippen molar-refractivity contribution in [2.24, 2.45) is 0 Å². The fourth-order valence-electron chi connectivity index (χ4n) is 1.29. The Labute approximate surface area is 95.6 Å². The van der Waals surface area contributed by atoms with Gasteiger partial charge in [0.2, 0.25) is 11.9 Å². The minimum atomic E-state index is 0.404. The van der Waals surface area contributed by atoms with Gasteiger partial charge in [0.15, 0.2) is 5.82 Å². The molecule has 3 aromatic heterocycles. The first-order valence-electron chi connectivity index (χ1n) is 4.87. The van der Waals surface area contributed by atoms with Crippen LogP contribution in [0.3, 0.4) is 0 Å². The monoisotopic (exact) mass is 228 g/mol. The lowest BCUT2D eigenvalue weighted by molar-refractivity contribution is 1.08. The van der Waals surface area contributed by atoms with E-state index in [4.69, 9.17) is 0 Å². The number of H-pyrrole nitrogens is 2. The summed E-state index contributed by atoms with van der Waals surface area (Å²) in [6.45, 7) is 0. The van der Waals surface area contributed by atoms with Crippen LogP contribution in [0, 0.1) is 0 Å². The third-order valence-corrected chi connectivity index (χ3v) is 2.03. The first kappa shape index (κ1) is 9.46. The van der Waals surface area contributed by atoms with E-state index in [1.165, 1.54) is 0 Å². The quantitative estimate of drug-likeness (QED) is 0.609. The number of aromatic nitrogens is 7. The van der Waals surface area contributed by atoms with Crippen LogP contribution in [0.5, 0.6) is 0 Å². The first-order valence-corrected chi connectivity index (χ1v) is 4.87. The zero-order valence-electron chi connectivity index (χ0n) is 8.62. The Kier molecular flexibility index (Phi) is 2.23. The largest absolute Gasteiger partial charge is 0.342 e. The Hall–Kier alpha value is -2.77. The third-order valence-electron chi connectivity index (χ3n) is 2.03. The van der Waals surface area contributed by atoms with Crippen molar-refractivity contribution in [1.29, 1.82) is 0 Å². The number of nitrogens with zero attached hydrogens (tertiary/aromatic N) is 5. The van der Waals surface area contributed by atoms with Crippen LogP contribution in [0.25, 0.3) is 11.5 Å². The smallest absolute Gasteiger partial charge is 0.249 e. The van der Waals surface area contributed by atoms with E-state index in [-0.39, 0.29) is 0 Å². The lowest BCUT2D eigenvalue weighted by Crippen LogP contribution is -1.97. The third kappa shape index (κ3) is 1.95. The second-order valence-electron chi connectivity index (χ2n) is 3.17. The van der Waals surface area contributed by atoms with Gasteiger partial charge in [-0.2, -0.15) is 4.98 Å². The van der Waals surface area contributed by atoms with E-state index in [0.29, 0.717) is 17.7 Å².